The van der Waals surface area contributed by atoms with Crippen molar-refractivity contribution < 1.29 is 0 Å². The SMILES string of the molecule is CCCCCCCCCCCCCCCCCCC(c1ccc([C+]2N=CC=N2)cc1)C(C)C. The van der Waals surface area contributed by atoms with E-state index in [0.29, 0.717) is 11.8 Å². The lowest BCUT2D eigenvalue weighted by atomic mass is 9.84. The smallest absolute Gasteiger partial charge is 0.147 e. The minimum atomic E-state index is 0.659. The van der Waals surface area contributed by atoms with E-state index >= 15 is 0 Å². The lowest BCUT2D eigenvalue weighted by Gasteiger charge is -2.21. The number of hydrogen-bond acceptors (Lipinski definition) is 2. The highest BCUT2D eigenvalue weighted by Gasteiger charge is 2.20. The van der Waals surface area contributed by atoms with Crippen molar-refractivity contribution in [1.82, 2.24) is 0 Å². The molecule has 1 heterocycles. The van der Waals surface area contributed by atoms with Crippen molar-refractivity contribution >= 4 is 12.4 Å². The Balaban J connectivity index is 1.46. The van der Waals surface area contributed by atoms with Crippen LogP contribution in [0.2, 0.25) is 0 Å². The number of aliphatic imine (C=N–C) groups is 2. The largest absolute Gasteiger partial charge is 0.243 e. The van der Waals surface area contributed by atoms with Gasteiger partial charge in [0.05, 0.1) is 0 Å². The standard InChI is InChI=1S/C31H51N2/c1-4-5-6-7-8-9-10-11-12-13-14-15-16-17-18-19-20-30(27(2)3)28-21-23-29(24-22-28)31-32-25-26-33-31/h21-27,30H,4-20H2,1-3H3/q+1. The molecule has 0 bridgehead atoms. The molecule has 184 valence electrons. The minimum absolute atomic E-state index is 0.659. The van der Waals surface area contributed by atoms with Crippen molar-refractivity contribution in [2.45, 2.75) is 136 Å². The van der Waals surface area contributed by atoms with Gasteiger partial charge in [0.2, 0.25) is 6.17 Å². The van der Waals surface area contributed by atoms with Crippen LogP contribution in [0, 0.1) is 12.1 Å². The van der Waals surface area contributed by atoms with Crippen LogP contribution in [0.5, 0.6) is 0 Å². The zero-order valence-electron chi connectivity index (χ0n) is 22.0. The van der Waals surface area contributed by atoms with Gasteiger partial charge in [-0.25, -0.2) is 0 Å². The first-order valence-electron chi connectivity index (χ1n) is 14.3. The highest BCUT2D eigenvalue weighted by molar-refractivity contribution is 6.18. The van der Waals surface area contributed by atoms with Gasteiger partial charge in [0.15, 0.2) is 0 Å². The van der Waals surface area contributed by atoms with Gasteiger partial charge < -0.3 is 0 Å². The molecule has 0 aromatic heterocycles. The van der Waals surface area contributed by atoms with Crippen molar-refractivity contribution in [3.63, 3.8) is 0 Å². The van der Waals surface area contributed by atoms with E-state index in [1.165, 1.54) is 115 Å². The van der Waals surface area contributed by atoms with Crippen LogP contribution in [0.3, 0.4) is 0 Å². The Kier molecular flexibility index (Phi) is 15.0. The monoisotopic (exact) mass is 451 g/mol. The molecule has 0 saturated heterocycles. The summed E-state index contributed by atoms with van der Waals surface area (Å²) in [6, 6.07) is 8.97. The first-order chi connectivity index (χ1) is 16.2. The van der Waals surface area contributed by atoms with Gasteiger partial charge in [-0.3, -0.25) is 0 Å². The van der Waals surface area contributed by atoms with Crippen LogP contribution in [0.1, 0.15) is 147 Å². The molecule has 1 aliphatic rings. The molecule has 1 atom stereocenters. The summed E-state index contributed by atoms with van der Waals surface area (Å²) < 4.78 is 0. The number of rotatable bonds is 20. The Hall–Kier alpha value is -1.57. The fourth-order valence-electron chi connectivity index (χ4n) is 5.07. The number of nitrogens with zero attached hydrogens (tertiary/aromatic N) is 2. The molecule has 1 aliphatic heterocycles. The van der Waals surface area contributed by atoms with Crippen molar-refractivity contribution in [3.05, 3.63) is 41.6 Å². The van der Waals surface area contributed by atoms with Gasteiger partial charge in [0.25, 0.3) is 0 Å². The molecule has 0 spiro atoms. The molecule has 2 heteroatoms. The fourth-order valence-corrected chi connectivity index (χ4v) is 5.07. The highest BCUT2D eigenvalue weighted by Crippen LogP contribution is 2.31. The third-order valence-electron chi connectivity index (χ3n) is 7.23. The predicted octanol–water partition coefficient (Wildman–Crippen LogP) is 10.1. The quantitative estimate of drug-likeness (QED) is 0.139. The topological polar surface area (TPSA) is 24.7 Å². The van der Waals surface area contributed by atoms with Gasteiger partial charge in [-0.05, 0) is 36.0 Å². The summed E-state index contributed by atoms with van der Waals surface area (Å²) in [5.41, 5.74) is 2.59. The zero-order valence-corrected chi connectivity index (χ0v) is 22.0. The maximum atomic E-state index is 4.31. The van der Waals surface area contributed by atoms with Crippen LogP contribution in [0.25, 0.3) is 0 Å². The summed E-state index contributed by atoms with van der Waals surface area (Å²) in [6.45, 7) is 7.03. The first-order valence-corrected chi connectivity index (χ1v) is 14.3. The summed E-state index contributed by atoms with van der Waals surface area (Å²) >= 11 is 0. The molecular formula is C31H51N2+. The van der Waals surface area contributed by atoms with Crippen molar-refractivity contribution in [3.8, 4) is 0 Å². The van der Waals surface area contributed by atoms with Gasteiger partial charge >= 0.3 is 0 Å². The Morgan fingerprint density at radius 1 is 0.606 bits per heavy atom. The Bertz CT molecular complexity index is 631. The van der Waals surface area contributed by atoms with Gasteiger partial charge in [-0.15, -0.1) is 9.98 Å². The minimum Gasteiger partial charge on any atom is -0.147 e. The lowest BCUT2D eigenvalue weighted by molar-refractivity contribution is 0.440. The van der Waals surface area contributed by atoms with Crippen LogP contribution < -0.4 is 0 Å². The molecule has 0 radical (unpaired) electrons. The van der Waals surface area contributed by atoms with Crippen molar-refractivity contribution in [2.24, 2.45) is 15.9 Å². The first kappa shape index (κ1) is 27.7. The van der Waals surface area contributed by atoms with E-state index < -0.39 is 0 Å². The van der Waals surface area contributed by atoms with Crippen LogP contribution in [0.4, 0.5) is 0 Å². The second-order valence-corrected chi connectivity index (χ2v) is 10.4. The van der Waals surface area contributed by atoms with E-state index in [-0.39, 0.29) is 0 Å². The molecule has 1 aromatic rings. The van der Waals surface area contributed by atoms with E-state index in [4.69, 9.17) is 0 Å². The molecule has 0 fully saturated rings. The molecule has 1 unspecified atom stereocenters. The maximum absolute atomic E-state index is 4.31. The lowest BCUT2D eigenvalue weighted by Crippen LogP contribution is -2.07. The maximum Gasteiger partial charge on any atom is 0.243 e. The molecule has 2 rings (SSSR count). The molecule has 1 aromatic carbocycles. The number of hydrogen-bond donors (Lipinski definition) is 0. The van der Waals surface area contributed by atoms with Gasteiger partial charge in [0.1, 0.15) is 18.0 Å². The molecule has 0 saturated carbocycles. The molecular weight excluding hydrogens is 400 g/mol. The summed E-state index contributed by atoms with van der Waals surface area (Å²) in [4.78, 5) is 8.62. The van der Waals surface area contributed by atoms with E-state index in [9.17, 15) is 0 Å². The summed E-state index contributed by atoms with van der Waals surface area (Å²) in [5, 5.41) is 0. The van der Waals surface area contributed by atoms with Gasteiger partial charge in [0, 0.05) is 12.1 Å². The van der Waals surface area contributed by atoms with Crippen molar-refractivity contribution in [2.75, 3.05) is 0 Å². The molecule has 33 heavy (non-hydrogen) atoms. The van der Waals surface area contributed by atoms with Gasteiger partial charge in [-0.2, -0.15) is 0 Å². The van der Waals surface area contributed by atoms with Gasteiger partial charge in [-0.1, -0.05) is 124 Å². The highest BCUT2D eigenvalue weighted by atomic mass is 15.0. The van der Waals surface area contributed by atoms with Crippen molar-refractivity contribution in [1.29, 1.82) is 0 Å². The fraction of sp³-hybridized carbons (Fsp3) is 0.710. The van der Waals surface area contributed by atoms with E-state index in [0.717, 1.165) is 11.7 Å². The average Bonchev–Trinajstić information content (AvgIpc) is 3.36. The molecule has 0 amide bonds. The van der Waals surface area contributed by atoms with E-state index in [1.807, 2.05) is 0 Å². The number of unbranched alkanes of at least 4 members (excludes halogenated alkanes) is 15. The van der Waals surface area contributed by atoms with Crippen LogP contribution in [0.15, 0.2) is 34.3 Å². The van der Waals surface area contributed by atoms with E-state index in [2.05, 4.69) is 55.0 Å². The van der Waals surface area contributed by atoms with Crippen LogP contribution in [-0.4, -0.2) is 12.4 Å². The second-order valence-electron chi connectivity index (χ2n) is 10.4. The Morgan fingerprint density at radius 3 is 1.45 bits per heavy atom. The third kappa shape index (κ3) is 11.9. The second kappa shape index (κ2) is 17.8. The van der Waals surface area contributed by atoms with Crippen LogP contribution in [-0.2, 0) is 0 Å². The summed E-state index contributed by atoms with van der Waals surface area (Å²) in [5.74, 6) is 1.34. The third-order valence-corrected chi connectivity index (χ3v) is 7.23. The summed E-state index contributed by atoms with van der Waals surface area (Å²) in [6.07, 6.45) is 28.6. The summed E-state index contributed by atoms with van der Waals surface area (Å²) in [7, 11) is 0. The predicted molar refractivity (Wildman–Crippen MR) is 148 cm³/mol. The average molecular weight is 452 g/mol. The van der Waals surface area contributed by atoms with E-state index in [1.54, 1.807) is 12.4 Å². The zero-order chi connectivity index (χ0) is 23.6. The Labute approximate surface area is 205 Å². The Morgan fingerprint density at radius 2 is 1.03 bits per heavy atom. The molecule has 0 N–H and O–H groups in total. The molecule has 0 aliphatic carbocycles. The molecule has 2 nitrogen and oxygen atoms in total. The normalized spacial score (nSPS) is 14.0. The van der Waals surface area contributed by atoms with Crippen LogP contribution >= 0.6 is 0 Å². The number of benzene rings is 1.